The lowest BCUT2D eigenvalue weighted by Crippen LogP contribution is -2.43. The van der Waals surface area contributed by atoms with Gasteiger partial charge in [-0.1, -0.05) is 12.1 Å². The number of thioether (sulfide) groups is 1. The molecule has 0 bridgehead atoms. The number of amides is 2. The molecule has 7 nitrogen and oxygen atoms in total. The summed E-state index contributed by atoms with van der Waals surface area (Å²) in [4.78, 5) is 27.2. The van der Waals surface area contributed by atoms with Gasteiger partial charge in [-0.15, -0.1) is 11.8 Å². The fraction of sp³-hybridized carbons (Fsp3) is 0.263. The molecule has 0 radical (unpaired) electrons. The average Bonchev–Trinajstić information content (AvgIpc) is 3.23. The number of halogens is 1. The van der Waals surface area contributed by atoms with Crippen molar-refractivity contribution in [1.82, 2.24) is 4.90 Å². The average molecular weight is 436 g/mol. The Bertz CT molecular complexity index is 1080. The Hall–Kier alpha value is -2.59. The van der Waals surface area contributed by atoms with Gasteiger partial charge < -0.3 is 10.2 Å². The van der Waals surface area contributed by atoms with Crippen LogP contribution in [0.5, 0.6) is 0 Å². The molecule has 2 aliphatic rings. The van der Waals surface area contributed by atoms with E-state index >= 15 is 0 Å². The van der Waals surface area contributed by atoms with Crippen molar-refractivity contribution in [2.45, 2.75) is 27.9 Å². The van der Waals surface area contributed by atoms with E-state index in [0.29, 0.717) is 23.7 Å². The fourth-order valence-corrected chi connectivity index (χ4v) is 5.42. The summed E-state index contributed by atoms with van der Waals surface area (Å²) in [5.74, 6) is -1.40. The molecule has 2 N–H and O–H groups in total. The SMILES string of the molecule is O=C1Nc2cc(S(=O)(=O)Nc3ccccc3F)ccc2S[C@H]1C(=O)N1CCCC1. The van der Waals surface area contributed by atoms with Crippen molar-refractivity contribution in [3.8, 4) is 0 Å². The summed E-state index contributed by atoms with van der Waals surface area (Å²) in [7, 11) is -4.06. The molecular formula is C19H18FN3O4S2. The Labute approximate surface area is 171 Å². The molecule has 2 heterocycles. The van der Waals surface area contributed by atoms with E-state index in [1.54, 1.807) is 11.0 Å². The molecule has 2 aromatic carbocycles. The predicted octanol–water partition coefficient (Wildman–Crippen LogP) is 2.66. The first-order chi connectivity index (χ1) is 13.8. The normalized spacial score (nSPS) is 18.9. The summed E-state index contributed by atoms with van der Waals surface area (Å²) in [6, 6.07) is 9.65. The van der Waals surface area contributed by atoms with E-state index < -0.39 is 27.0 Å². The Balaban J connectivity index is 1.57. The predicted molar refractivity (Wildman–Crippen MR) is 108 cm³/mol. The Morgan fingerprint density at radius 3 is 2.62 bits per heavy atom. The van der Waals surface area contributed by atoms with Gasteiger partial charge in [-0.2, -0.15) is 0 Å². The molecule has 0 saturated carbocycles. The number of nitrogens with one attached hydrogen (secondary N) is 2. The molecule has 29 heavy (non-hydrogen) atoms. The van der Waals surface area contributed by atoms with Gasteiger partial charge in [-0.05, 0) is 43.2 Å². The molecule has 0 aliphatic carbocycles. The molecule has 1 atom stereocenters. The molecule has 0 aromatic heterocycles. The summed E-state index contributed by atoms with van der Waals surface area (Å²) in [5, 5.41) is 1.74. The first kappa shape index (κ1) is 19.7. The molecule has 2 aliphatic heterocycles. The minimum Gasteiger partial charge on any atom is -0.341 e. The smallest absolute Gasteiger partial charge is 0.262 e. The van der Waals surface area contributed by atoms with E-state index in [0.717, 1.165) is 30.7 Å². The fourth-order valence-electron chi connectivity index (χ4n) is 3.27. The van der Waals surface area contributed by atoms with E-state index in [9.17, 15) is 22.4 Å². The van der Waals surface area contributed by atoms with Crippen LogP contribution in [0.4, 0.5) is 15.8 Å². The zero-order valence-corrected chi connectivity index (χ0v) is 16.9. The second kappa shape index (κ2) is 7.68. The van der Waals surface area contributed by atoms with Gasteiger partial charge in [0.25, 0.3) is 10.0 Å². The van der Waals surface area contributed by atoms with Crippen molar-refractivity contribution in [3.05, 3.63) is 48.3 Å². The highest BCUT2D eigenvalue weighted by atomic mass is 32.2. The summed E-state index contributed by atoms with van der Waals surface area (Å²) >= 11 is 1.11. The summed E-state index contributed by atoms with van der Waals surface area (Å²) in [6.45, 7) is 1.30. The number of nitrogens with zero attached hydrogens (tertiary/aromatic N) is 1. The summed E-state index contributed by atoms with van der Waals surface area (Å²) < 4.78 is 41.2. The van der Waals surface area contributed by atoms with E-state index in [2.05, 4.69) is 10.0 Å². The number of likely N-dealkylation sites (tertiary alicyclic amines) is 1. The van der Waals surface area contributed by atoms with Gasteiger partial charge in [0.2, 0.25) is 11.8 Å². The quantitative estimate of drug-likeness (QED) is 0.720. The Kier molecular flexibility index (Phi) is 5.22. The van der Waals surface area contributed by atoms with Gasteiger partial charge in [0.1, 0.15) is 5.82 Å². The minimum absolute atomic E-state index is 0.121. The van der Waals surface area contributed by atoms with Crippen LogP contribution in [0.25, 0.3) is 0 Å². The van der Waals surface area contributed by atoms with Gasteiger partial charge >= 0.3 is 0 Å². The number of carbonyl (C=O) groups excluding carboxylic acids is 2. The van der Waals surface area contributed by atoms with Crippen LogP contribution in [-0.4, -0.2) is 43.5 Å². The maximum absolute atomic E-state index is 13.8. The van der Waals surface area contributed by atoms with Crippen molar-refractivity contribution in [3.63, 3.8) is 0 Å². The molecule has 10 heteroatoms. The van der Waals surface area contributed by atoms with Crippen molar-refractivity contribution < 1.29 is 22.4 Å². The van der Waals surface area contributed by atoms with Crippen molar-refractivity contribution in [2.75, 3.05) is 23.1 Å². The molecule has 0 spiro atoms. The van der Waals surface area contributed by atoms with Crippen LogP contribution >= 0.6 is 11.8 Å². The molecular weight excluding hydrogens is 417 g/mol. The van der Waals surface area contributed by atoms with Crippen molar-refractivity contribution in [2.24, 2.45) is 0 Å². The van der Waals surface area contributed by atoms with Crippen LogP contribution < -0.4 is 10.0 Å². The molecule has 1 fully saturated rings. The number of carbonyl (C=O) groups is 2. The molecule has 2 amide bonds. The van der Waals surface area contributed by atoms with Crippen molar-refractivity contribution >= 4 is 45.0 Å². The van der Waals surface area contributed by atoms with E-state index in [-0.39, 0.29) is 16.5 Å². The van der Waals surface area contributed by atoms with Crippen LogP contribution in [0.2, 0.25) is 0 Å². The van der Waals surface area contributed by atoms with Gasteiger partial charge in [-0.25, -0.2) is 12.8 Å². The largest absolute Gasteiger partial charge is 0.341 e. The Morgan fingerprint density at radius 1 is 1.17 bits per heavy atom. The first-order valence-electron chi connectivity index (χ1n) is 9.03. The van der Waals surface area contributed by atoms with Crippen LogP contribution in [0.1, 0.15) is 12.8 Å². The maximum Gasteiger partial charge on any atom is 0.262 e. The second-order valence-corrected chi connectivity index (χ2v) is 9.59. The van der Waals surface area contributed by atoms with E-state index in [1.165, 1.54) is 30.3 Å². The van der Waals surface area contributed by atoms with Gasteiger partial charge in [0.05, 0.1) is 16.3 Å². The lowest BCUT2D eigenvalue weighted by Gasteiger charge is -2.27. The lowest BCUT2D eigenvalue weighted by molar-refractivity contribution is -0.133. The zero-order valence-electron chi connectivity index (χ0n) is 15.2. The molecule has 152 valence electrons. The minimum atomic E-state index is -4.06. The summed E-state index contributed by atoms with van der Waals surface area (Å²) in [5.41, 5.74) is 0.141. The Morgan fingerprint density at radius 2 is 1.90 bits per heavy atom. The number of hydrogen-bond acceptors (Lipinski definition) is 5. The third-order valence-electron chi connectivity index (χ3n) is 4.76. The van der Waals surface area contributed by atoms with Gasteiger partial charge in [0.15, 0.2) is 5.25 Å². The van der Waals surface area contributed by atoms with E-state index in [1.807, 2.05) is 0 Å². The molecule has 1 saturated heterocycles. The van der Waals surface area contributed by atoms with Crippen LogP contribution in [0.15, 0.2) is 52.3 Å². The van der Waals surface area contributed by atoms with Crippen LogP contribution in [-0.2, 0) is 19.6 Å². The molecule has 4 rings (SSSR count). The highest BCUT2D eigenvalue weighted by Gasteiger charge is 2.37. The topological polar surface area (TPSA) is 95.6 Å². The number of sulfonamides is 1. The van der Waals surface area contributed by atoms with Crippen LogP contribution in [0.3, 0.4) is 0 Å². The first-order valence-corrected chi connectivity index (χ1v) is 11.4. The highest BCUT2D eigenvalue weighted by Crippen LogP contribution is 2.38. The molecule has 0 unspecified atom stereocenters. The maximum atomic E-state index is 13.8. The highest BCUT2D eigenvalue weighted by molar-refractivity contribution is 8.01. The number of benzene rings is 2. The number of fused-ring (bicyclic) bond motifs is 1. The third kappa shape index (κ3) is 3.95. The number of para-hydroxylation sites is 1. The van der Waals surface area contributed by atoms with Crippen LogP contribution in [0, 0.1) is 5.82 Å². The number of anilines is 2. The zero-order chi connectivity index (χ0) is 20.6. The third-order valence-corrected chi connectivity index (χ3v) is 7.39. The molecule has 2 aromatic rings. The number of hydrogen-bond donors (Lipinski definition) is 2. The standard InChI is InChI=1S/C19H18FN3O4S2/c20-13-5-1-2-6-14(13)22-29(26,27)12-7-8-16-15(11-12)21-18(24)17(28-16)19(25)23-9-3-4-10-23/h1-2,5-8,11,17,22H,3-4,9-10H2,(H,21,24)/t17-/m1/s1. The van der Waals surface area contributed by atoms with Crippen molar-refractivity contribution in [1.29, 1.82) is 0 Å². The van der Waals surface area contributed by atoms with E-state index in [4.69, 9.17) is 0 Å². The lowest BCUT2D eigenvalue weighted by atomic mass is 10.2. The van der Waals surface area contributed by atoms with Gasteiger partial charge in [0, 0.05) is 18.0 Å². The second-order valence-electron chi connectivity index (χ2n) is 6.76. The number of rotatable bonds is 4. The summed E-state index contributed by atoms with van der Waals surface area (Å²) in [6.07, 6.45) is 1.86. The monoisotopic (exact) mass is 435 g/mol. The van der Waals surface area contributed by atoms with Gasteiger partial charge in [-0.3, -0.25) is 14.3 Å².